The number of aromatic hydroxyl groups is 1. The lowest BCUT2D eigenvalue weighted by Gasteiger charge is -2.05. The highest BCUT2D eigenvalue weighted by Gasteiger charge is 2.11. The second kappa shape index (κ2) is 10.4. The minimum absolute atomic E-state index is 0.160. The Hall–Kier alpha value is -1.33. The first kappa shape index (κ1) is 23.9. The largest absolute Gasteiger partial charge is 0.508 e. The summed E-state index contributed by atoms with van der Waals surface area (Å²) in [7, 11) is -9.28. The van der Waals surface area contributed by atoms with Crippen LogP contribution >= 0.6 is 15.6 Å². The standard InChI is InChI=1S/C9H11NO3.2H3O4P/c10-8(9(12)13)5-6-1-3-7(11)4-2-6;2*1-5(2,3)4/h1-4,8,11H,5,10H2,(H,12,13);2*(H3,1,2,3,4). The van der Waals surface area contributed by atoms with Gasteiger partial charge < -0.3 is 45.3 Å². The molecule has 0 saturated carbocycles. The second-order valence-electron chi connectivity index (χ2n) is 3.84. The summed E-state index contributed by atoms with van der Waals surface area (Å²) in [6.45, 7) is 0. The molecule has 23 heavy (non-hydrogen) atoms. The van der Waals surface area contributed by atoms with Gasteiger partial charge in [0.05, 0.1) is 0 Å². The number of carboxylic acids is 1. The molecule has 1 aromatic carbocycles. The molecule has 134 valence electrons. The molecule has 1 rings (SSSR count). The number of phenols is 1. The number of phosphoric acid groups is 2. The molecule has 0 aliphatic carbocycles. The van der Waals surface area contributed by atoms with Crippen LogP contribution in [0.2, 0.25) is 0 Å². The Balaban J connectivity index is 0. The van der Waals surface area contributed by atoms with E-state index in [0.717, 1.165) is 5.56 Å². The normalized spacial score (nSPS) is 12.1. The highest BCUT2D eigenvalue weighted by molar-refractivity contribution is 7.45. The first-order valence-corrected chi connectivity index (χ1v) is 8.55. The number of rotatable bonds is 3. The van der Waals surface area contributed by atoms with Gasteiger partial charge in [-0.2, -0.15) is 0 Å². The fourth-order valence-electron chi connectivity index (χ4n) is 0.973. The van der Waals surface area contributed by atoms with Gasteiger partial charge in [0.15, 0.2) is 0 Å². The Morgan fingerprint density at radius 1 is 0.957 bits per heavy atom. The summed E-state index contributed by atoms with van der Waals surface area (Å²) in [6.07, 6.45) is 0.273. The maximum Gasteiger partial charge on any atom is 0.466 e. The van der Waals surface area contributed by atoms with Crippen molar-refractivity contribution in [1.29, 1.82) is 0 Å². The fourth-order valence-corrected chi connectivity index (χ4v) is 0.973. The van der Waals surface area contributed by atoms with Crippen molar-refractivity contribution >= 4 is 21.6 Å². The summed E-state index contributed by atoms with van der Waals surface area (Å²) in [6, 6.07) is 5.42. The predicted molar refractivity (Wildman–Crippen MR) is 75.9 cm³/mol. The minimum Gasteiger partial charge on any atom is -0.508 e. The quantitative estimate of drug-likeness (QED) is 0.273. The monoisotopic (exact) mass is 377 g/mol. The van der Waals surface area contributed by atoms with Crippen LogP contribution < -0.4 is 5.73 Å². The van der Waals surface area contributed by atoms with Gasteiger partial charge in [-0.15, -0.1) is 0 Å². The molecule has 1 atom stereocenters. The van der Waals surface area contributed by atoms with E-state index in [2.05, 4.69) is 0 Å². The van der Waals surface area contributed by atoms with E-state index in [1.807, 2.05) is 0 Å². The Labute approximate surface area is 129 Å². The first-order valence-electron chi connectivity index (χ1n) is 5.42. The van der Waals surface area contributed by atoms with E-state index in [1.165, 1.54) is 12.1 Å². The van der Waals surface area contributed by atoms with E-state index in [-0.39, 0.29) is 12.2 Å². The van der Waals surface area contributed by atoms with E-state index in [0.29, 0.717) is 0 Å². The molecule has 12 nitrogen and oxygen atoms in total. The van der Waals surface area contributed by atoms with Crippen molar-refractivity contribution in [2.75, 3.05) is 0 Å². The Morgan fingerprint density at radius 2 is 1.26 bits per heavy atom. The average molecular weight is 377 g/mol. The highest BCUT2D eigenvalue weighted by atomic mass is 31.2. The van der Waals surface area contributed by atoms with Crippen LogP contribution in [0.3, 0.4) is 0 Å². The number of carboxylic acid groups (broad SMARTS) is 1. The first-order chi connectivity index (χ1) is 10.1. The van der Waals surface area contributed by atoms with Crippen molar-refractivity contribution in [3.8, 4) is 5.75 Å². The van der Waals surface area contributed by atoms with Gasteiger partial charge in [-0.25, -0.2) is 9.13 Å². The van der Waals surface area contributed by atoms with Crippen molar-refractivity contribution in [3.63, 3.8) is 0 Å². The number of hydrogen-bond acceptors (Lipinski definition) is 5. The number of nitrogens with two attached hydrogens (primary N) is 1. The average Bonchev–Trinajstić information content (AvgIpc) is 2.27. The van der Waals surface area contributed by atoms with Gasteiger partial charge in [-0.1, -0.05) is 12.1 Å². The van der Waals surface area contributed by atoms with Crippen LogP contribution in [0.15, 0.2) is 24.3 Å². The van der Waals surface area contributed by atoms with E-state index < -0.39 is 27.7 Å². The van der Waals surface area contributed by atoms with Crippen LogP contribution in [-0.4, -0.2) is 51.6 Å². The molecule has 0 fully saturated rings. The van der Waals surface area contributed by atoms with Crippen molar-refractivity contribution < 1.29 is 53.5 Å². The minimum atomic E-state index is -4.64. The molecule has 1 aromatic rings. The summed E-state index contributed by atoms with van der Waals surface area (Å²) in [5.74, 6) is -0.860. The van der Waals surface area contributed by atoms with E-state index in [1.54, 1.807) is 12.1 Å². The second-order valence-corrected chi connectivity index (χ2v) is 5.89. The van der Waals surface area contributed by atoms with Crippen LogP contribution in [0, 0.1) is 0 Å². The Morgan fingerprint density at radius 3 is 1.52 bits per heavy atom. The van der Waals surface area contributed by atoms with Crippen LogP contribution in [0.4, 0.5) is 0 Å². The maximum atomic E-state index is 10.4. The van der Waals surface area contributed by atoms with Gasteiger partial charge in [-0.05, 0) is 24.1 Å². The summed E-state index contributed by atoms with van der Waals surface area (Å²) in [5, 5.41) is 17.5. The molecule has 0 heterocycles. The van der Waals surface area contributed by atoms with Crippen LogP contribution in [-0.2, 0) is 20.3 Å². The van der Waals surface area contributed by atoms with Crippen LogP contribution in [0.1, 0.15) is 5.56 Å². The molecule has 0 aliphatic rings. The van der Waals surface area contributed by atoms with Gasteiger partial charge in [0.2, 0.25) is 0 Å². The zero-order valence-corrected chi connectivity index (χ0v) is 13.2. The van der Waals surface area contributed by atoms with E-state index in [4.69, 9.17) is 54.4 Å². The third-order valence-corrected chi connectivity index (χ3v) is 1.71. The number of phenolic OH excluding ortho intramolecular Hbond substituents is 1. The van der Waals surface area contributed by atoms with Gasteiger partial charge >= 0.3 is 21.6 Å². The van der Waals surface area contributed by atoms with Crippen molar-refractivity contribution in [2.24, 2.45) is 5.73 Å². The van der Waals surface area contributed by atoms with Gasteiger partial charge in [0.1, 0.15) is 11.8 Å². The van der Waals surface area contributed by atoms with Gasteiger partial charge in [0, 0.05) is 0 Å². The summed E-state index contributed by atoms with van der Waals surface area (Å²) in [5.41, 5.74) is 6.12. The van der Waals surface area contributed by atoms with Crippen molar-refractivity contribution in [3.05, 3.63) is 29.8 Å². The van der Waals surface area contributed by atoms with Crippen LogP contribution in [0.5, 0.6) is 5.75 Å². The van der Waals surface area contributed by atoms with E-state index in [9.17, 15) is 4.79 Å². The molecule has 1 unspecified atom stereocenters. The third kappa shape index (κ3) is 25.9. The van der Waals surface area contributed by atoms with Crippen molar-refractivity contribution in [2.45, 2.75) is 12.5 Å². The smallest absolute Gasteiger partial charge is 0.466 e. The molecule has 10 N–H and O–H groups in total. The molecule has 0 spiro atoms. The molecular formula is C9H17NO11P2. The molecule has 0 bridgehead atoms. The van der Waals surface area contributed by atoms with Gasteiger partial charge in [-0.3, -0.25) is 4.79 Å². The lowest BCUT2D eigenvalue weighted by atomic mass is 10.1. The number of carbonyl (C=O) groups is 1. The number of hydrogen-bond donors (Lipinski definition) is 9. The molecule has 0 aliphatic heterocycles. The summed E-state index contributed by atoms with van der Waals surface area (Å²) >= 11 is 0. The third-order valence-electron chi connectivity index (χ3n) is 1.71. The summed E-state index contributed by atoms with van der Waals surface area (Å²) < 4.78 is 17.8. The number of benzene rings is 1. The van der Waals surface area contributed by atoms with E-state index >= 15 is 0 Å². The lowest BCUT2D eigenvalue weighted by molar-refractivity contribution is -0.138. The highest BCUT2D eigenvalue weighted by Crippen LogP contribution is 2.26. The predicted octanol–water partition coefficient (Wildman–Crippen LogP) is -1.51. The number of aliphatic carboxylic acids is 1. The molecule has 0 saturated heterocycles. The topological polar surface area (TPSA) is 239 Å². The Bertz CT molecular complexity index is 527. The maximum absolute atomic E-state index is 10.4. The Kier molecular flexibility index (Phi) is 10.9. The zero-order valence-electron chi connectivity index (χ0n) is 11.4. The zero-order chi connectivity index (χ0) is 18.8. The molecule has 0 amide bonds. The van der Waals surface area contributed by atoms with Crippen molar-refractivity contribution in [1.82, 2.24) is 0 Å². The summed E-state index contributed by atoms with van der Waals surface area (Å²) in [4.78, 5) is 53.5. The molecule has 0 radical (unpaired) electrons. The molecule has 0 aromatic heterocycles. The van der Waals surface area contributed by atoms with Gasteiger partial charge in [0.25, 0.3) is 0 Å². The fraction of sp³-hybridized carbons (Fsp3) is 0.222. The molecular weight excluding hydrogens is 360 g/mol. The SMILES string of the molecule is NC(Cc1ccc(O)cc1)C(=O)O.O=P(O)(O)O.O=P(O)(O)O. The lowest BCUT2D eigenvalue weighted by Crippen LogP contribution is -2.32. The van der Waals surface area contributed by atoms with Crippen LogP contribution in [0.25, 0.3) is 0 Å². The molecule has 14 heteroatoms.